The van der Waals surface area contributed by atoms with Crippen molar-refractivity contribution in [2.24, 2.45) is 0 Å². The van der Waals surface area contributed by atoms with Gasteiger partial charge < -0.3 is 0 Å². The van der Waals surface area contributed by atoms with Crippen molar-refractivity contribution in [3.63, 3.8) is 0 Å². The number of hydrogen-bond acceptors (Lipinski definition) is 2. The second-order valence-electron chi connectivity index (χ2n) is 1.72. The van der Waals surface area contributed by atoms with Crippen molar-refractivity contribution in [3.05, 3.63) is 0 Å². The van der Waals surface area contributed by atoms with E-state index in [1.165, 1.54) is 0 Å². The third-order valence-corrected chi connectivity index (χ3v) is 1.05. The van der Waals surface area contributed by atoms with E-state index in [4.69, 9.17) is 0 Å². The third kappa shape index (κ3) is 1.43. The van der Waals surface area contributed by atoms with Crippen LogP contribution in [0.1, 0.15) is 6.42 Å². The molecule has 41 valence electrons. The van der Waals surface area contributed by atoms with Crippen LogP contribution in [0.2, 0.25) is 0 Å². The van der Waals surface area contributed by atoms with E-state index in [-0.39, 0.29) is 6.10 Å². The van der Waals surface area contributed by atoms with Crippen molar-refractivity contribution in [1.29, 1.82) is 0 Å². The molecule has 3 nitrogen and oxygen atoms in total. The zero-order valence-electron chi connectivity index (χ0n) is 4.11. The number of rotatable bonds is 0. The predicted molar refractivity (Wildman–Crippen MR) is 25.1 cm³/mol. The van der Waals surface area contributed by atoms with E-state index < -0.39 is 0 Å². The van der Waals surface area contributed by atoms with Gasteiger partial charge in [-0.1, -0.05) is 0 Å². The quantitative estimate of drug-likeness (QED) is 0.423. The lowest BCUT2D eigenvalue weighted by Gasteiger charge is -2.16. The highest BCUT2D eigenvalue weighted by Gasteiger charge is 2.08. The van der Waals surface area contributed by atoms with Crippen LogP contribution in [-0.2, 0) is 5.11 Å². The summed E-state index contributed by atoms with van der Waals surface area (Å²) in [6.07, 6.45) is 0.369. The Balaban J connectivity index is 2.12. The molecule has 0 aliphatic carbocycles. The molecule has 0 bridgehead atoms. The van der Waals surface area contributed by atoms with Crippen LogP contribution >= 0.6 is 0 Å². The highest BCUT2D eigenvalue weighted by Crippen LogP contribution is 1.90. The zero-order chi connectivity index (χ0) is 5.11. The normalized spacial score (nSPS) is 33.0. The summed E-state index contributed by atoms with van der Waals surface area (Å²) < 4.78 is 0. The Morgan fingerprint density at radius 1 is 1.43 bits per heavy atom. The molecule has 1 fully saturated rings. The first-order valence-electron chi connectivity index (χ1n) is 2.51. The summed E-state index contributed by atoms with van der Waals surface area (Å²) in [7, 11) is 0. The van der Waals surface area contributed by atoms with Crippen LogP contribution in [0.5, 0.6) is 0 Å². The molecule has 1 atom stereocenters. The molecule has 1 rings (SSSR count). The Kier molecular flexibility index (Phi) is 1.62. The minimum Gasteiger partial charge on any atom is -0.258 e. The molecule has 7 heavy (non-hydrogen) atoms. The second-order valence-corrected chi connectivity index (χ2v) is 1.72. The standard InChI is InChI=1S/C4H9N2O/c7-4-1-2-5-6-3-4/h4-6H,1-3H2. The van der Waals surface area contributed by atoms with Crippen molar-refractivity contribution in [3.8, 4) is 0 Å². The van der Waals surface area contributed by atoms with Gasteiger partial charge >= 0.3 is 0 Å². The fourth-order valence-electron chi connectivity index (χ4n) is 0.610. The molecule has 1 aliphatic rings. The molecule has 1 unspecified atom stereocenters. The lowest BCUT2D eigenvalue weighted by atomic mass is 10.2. The molecule has 0 saturated carbocycles. The highest BCUT2D eigenvalue weighted by atomic mass is 16.3. The first kappa shape index (κ1) is 5.03. The van der Waals surface area contributed by atoms with Gasteiger partial charge in [-0.15, -0.1) is 0 Å². The van der Waals surface area contributed by atoms with E-state index >= 15 is 0 Å². The zero-order valence-corrected chi connectivity index (χ0v) is 4.11. The summed E-state index contributed by atoms with van der Waals surface area (Å²) in [5.74, 6) is 0. The number of hydrogen-bond donors (Lipinski definition) is 2. The van der Waals surface area contributed by atoms with Crippen molar-refractivity contribution in [1.82, 2.24) is 10.9 Å². The molecular formula is C4H9N2O. The molecule has 1 aliphatic heterocycles. The van der Waals surface area contributed by atoms with Crippen LogP contribution in [0.3, 0.4) is 0 Å². The summed E-state index contributed by atoms with van der Waals surface area (Å²) in [4.78, 5) is 0. The van der Waals surface area contributed by atoms with Gasteiger partial charge in [-0.3, -0.25) is 10.9 Å². The molecule has 0 spiro atoms. The Hall–Kier alpha value is -0.120. The molecule has 0 aromatic carbocycles. The van der Waals surface area contributed by atoms with Gasteiger partial charge in [-0.05, 0) is 6.42 Å². The van der Waals surface area contributed by atoms with Gasteiger partial charge in [0.05, 0.1) is 0 Å². The van der Waals surface area contributed by atoms with Crippen LogP contribution in [0, 0.1) is 0 Å². The van der Waals surface area contributed by atoms with Gasteiger partial charge in [-0.2, -0.15) is 0 Å². The largest absolute Gasteiger partial charge is 0.258 e. The first-order chi connectivity index (χ1) is 3.39. The van der Waals surface area contributed by atoms with Crippen molar-refractivity contribution in [2.75, 3.05) is 13.1 Å². The van der Waals surface area contributed by atoms with Gasteiger partial charge in [0.2, 0.25) is 0 Å². The summed E-state index contributed by atoms with van der Waals surface area (Å²) in [6.45, 7) is 1.38. The van der Waals surface area contributed by atoms with Gasteiger partial charge in [0.1, 0.15) is 6.10 Å². The molecule has 2 N–H and O–H groups in total. The fraction of sp³-hybridized carbons (Fsp3) is 1.00. The minimum atomic E-state index is -0.388. The molecular weight excluding hydrogens is 92.1 g/mol. The molecule has 0 aromatic rings. The Morgan fingerprint density at radius 2 is 2.29 bits per heavy atom. The maximum atomic E-state index is 10.4. The van der Waals surface area contributed by atoms with E-state index in [1.807, 2.05) is 0 Å². The van der Waals surface area contributed by atoms with E-state index in [9.17, 15) is 5.11 Å². The Bertz CT molecular complexity index is 51.7. The lowest BCUT2D eigenvalue weighted by Crippen LogP contribution is -2.44. The van der Waals surface area contributed by atoms with E-state index in [0.29, 0.717) is 6.54 Å². The molecule has 3 heteroatoms. The average Bonchev–Trinajstić information content (AvgIpc) is 1.69. The molecule has 0 amide bonds. The summed E-state index contributed by atoms with van der Waals surface area (Å²) >= 11 is 0. The van der Waals surface area contributed by atoms with Crippen LogP contribution in [0.15, 0.2) is 0 Å². The highest BCUT2D eigenvalue weighted by molar-refractivity contribution is 4.62. The van der Waals surface area contributed by atoms with Crippen molar-refractivity contribution < 1.29 is 5.11 Å². The maximum absolute atomic E-state index is 10.4. The minimum absolute atomic E-state index is 0.388. The topological polar surface area (TPSA) is 44.0 Å². The fourth-order valence-corrected chi connectivity index (χ4v) is 0.610. The second kappa shape index (κ2) is 2.26. The molecule has 0 aromatic heterocycles. The van der Waals surface area contributed by atoms with Crippen molar-refractivity contribution >= 4 is 0 Å². The Morgan fingerprint density at radius 3 is 2.57 bits per heavy atom. The maximum Gasteiger partial charge on any atom is 0.108 e. The van der Waals surface area contributed by atoms with Crippen LogP contribution < -0.4 is 10.9 Å². The molecule has 1 saturated heterocycles. The molecule has 1 radical (unpaired) electrons. The van der Waals surface area contributed by atoms with Gasteiger partial charge in [0.15, 0.2) is 0 Å². The number of hydrazine groups is 1. The average molecular weight is 101 g/mol. The van der Waals surface area contributed by atoms with E-state index in [0.717, 1.165) is 13.0 Å². The smallest absolute Gasteiger partial charge is 0.108 e. The van der Waals surface area contributed by atoms with Crippen LogP contribution in [0.4, 0.5) is 0 Å². The van der Waals surface area contributed by atoms with Crippen LogP contribution in [-0.4, -0.2) is 19.2 Å². The van der Waals surface area contributed by atoms with Gasteiger partial charge in [0.25, 0.3) is 0 Å². The van der Waals surface area contributed by atoms with E-state index in [2.05, 4.69) is 10.9 Å². The monoisotopic (exact) mass is 101 g/mol. The SMILES string of the molecule is [O]C1CCNNC1. The summed E-state index contributed by atoms with van der Waals surface area (Å²) in [5.41, 5.74) is 5.64. The van der Waals surface area contributed by atoms with E-state index in [1.54, 1.807) is 0 Å². The predicted octanol–water partition coefficient (Wildman–Crippen LogP) is -0.717. The lowest BCUT2D eigenvalue weighted by molar-refractivity contribution is 0.0612. The third-order valence-electron chi connectivity index (χ3n) is 1.05. The van der Waals surface area contributed by atoms with Crippen molar-refractivity contribution in [2.45, 2.75) is 12.5 Å². The van der Waals surface area contributed by atoms with Crippen LogP contribution in [0.25, 0.3) is 0 Å². The first-order valence-corrected chi connectivity index (χ1v) is 2.51. The molecule has 1 heterocycles. The van der Waals surface area contributed by atoms with Gasteiger partial charge in [-0.25, -0.2) is 5.11 Å². The number of nitrogens with one attached hydrogen (secondary N) is 2. The Labute approximate surface area is 42.7 Å². The van der Waals surface area contributed by atoms with Gasteiger partial charge in [0, 0.05) is 13.1 Å². The summed E-state index contributed by atoms with van der Waals surface area (Å²) in [6, 6.07) is 0. The summed E-state index contributed by atoms with van der Waals surface area (Å²) in [5, 5.41) is 10.4.